The molecular formula is C15H12F3N9O. The molecule has 0 aliphatic rings. The molecule has 13 heteroatoms. The van der Waals surface area contributed by atoms with Gasteiger partial charge in [-0.05, 0) is 19.1 Å². The number of halogens is 3. The second-order valence-corrected chi connectivity index (χ2v) is 5.72. The highest BCUT2D eigenvalue weighted by molar-refractivity contribution is 5.61. The zero-order chi connectivity index (χ0) is 19.9. The highest BCUT2D eigenvalue weighted by Crippen LogP contribution is 2.26. The molecule has 0 atom stereocenters. The molecule has 4 aromatic heterocycles. The summed E-state index contributed by atoms with van der Waals surface area (Å²) in [6, 6.07) is 3.64. The third kappa shape index (κ3) is 3.41. The largest absolute Gasteiger partial charge is 0.455 e. The first kappa shape index (κ1) is 17.6. The van der Waals surface area contributed by atoms with E-state index in [-0.39, 0.29) is 30.2 Å². The first-order valence-corrected chi connectivity index (χ1v) is 7.89. The molecule has 0 aromatic carbocycles. The number of hydrogen-bond acceptors (Lipinski definition) is 9. The lowest BCUT2D eigenvalue weighted by Crippen LogP contribution is -2.10. The Labute approximate surface area is 154 Å². The van der Waals surface area contributed by atoms with Crippen molar-refractivity contribution in [2.24, 2.45) is 0 Å². The third-order valence-corrected chi connectivity index (χ3v) is 3.74. The second-order valence-electron chi connectivity index (χ2n) is 5.72. The van der Waals surface area contributed by atoms with Gasteiger partial charge in [0, 0.05) is 11.8 Å². The van der Waals surface area contributed by atoms with E-state index < -0.39 is 12.0 Å². The highest BCUT2D eigenvalue weighted by atomic mass is 19.4. The van der Waals surface area contributed by atoms with E-state index in [9.17, 15) is 13.2 Å². The summed E-state index contributed by atoms with van der Waals surface area (Å²) in [5.41, 5.74) is 7.28. The van der Waals surface area contributed by atoms with Crippen molar-refractivity contribution in [2.75, 3.05) is 11.1 Å². The Kier molecular flexibility index (Phi) is 4.05. The number of nitrogen functional groups attached to an aromatic ring is 1. The molecule has 3 N–H and O–H groups in total. The molecule has 0 bridgehead atoms. The Morgan fingerprint density at radius 3 is 2.75 bits per heavy atom. The van der Waals surface area contributed by atoms with Crippen molar-refractivity contribution >= 4 is 17.4 Å². The average Bonchev–Trinajstić information content (AvgIpc) is 3.26. The van der Waals surface area contributed by atoms with Gasteiger partial charge in [0.05, 0.1) is 18.3 Å². The lowest BCUT2D eigenvalue weighted by atomic mass is 10.2. The van der Waals surface area contributed by atoms with Crippen molar-refractivity contribution < 1.29 is 17.7 Å². The van der Waals surface area contributed by atoms with Crippen molar-refractivity contribution in [3.8, 4) is 11.4 Å². The first-order valence-electron chi connectivity index (χ1n) is 7.89. The molecule has 4 heterocycles. The number of nitrogens with one attached hydrogen (secondary N) is 1. The molecular weight excluding hydrogens is 379 g/mol. The zero-order valence-electron chi connectivity index (χ0n) is 14.3. The minimum atomic E-state index is -4.68. The van der Waals surface area contributed by atoms with Crippen LogP contribution >= 0.6 is 0 Å². The molecule has 0 aliphatic carbocycles. The molecule has 0 fully saturated rings. The summed E-state index contributed by atoms with van der Waals surface area (Å²) in [4.78, 5) is 19.7. The minimum absolute atomic E-state index is 0.0525. The number of aromatic nitrogens is 7. The standard InChI is InChI=1S/C15H12F3N9O/c1-7-20-4-9-3-2-8(6-27(7)9)11-23-13(19)25-14(24-11)21-5-10-22-12(26-28-10)15(16,17)18/h2-4,6H,5H2,1H3,(H3,19,21,23,24,25). The van der Waals surface area contributed by atoms with Crippen LogP contribution in [-0.4, -0.2) is 34.5 Å². The lowest BCUT2D eigenvalue weighted by Gasteiger charge is -2.07. The van der Waals surface area contributed by atoms with Gasteiger partial charge in [-0.15, -0.1) is 0 Å². The van der Waals surface area contributed by atoms with Gasteiger partial charge in [0.1, 0.15) is 5.82 Å². The average molecular weight is 391 g/mol. The molecule has 0 amide bonds. The highest BCUT2D eigenvalue weighted by Gasteiger charge is 2.37. The summed E-state index contributed by atoms with van der Waals surface area (Å²) in [5.74, 6) is -0.568. The Morgan fingerprint density at radius 2 is 2.00 bits per heavy atom. The number of pyridine rings is 1. The number of anilines is 2. The molecule has 0 aliphatic heterocycles. The van der Waals surface area contributed by atoms with Crippen LogP contribution in [0.1, 0.15) is 17.5 Å². The Hall–Kier alpha value is -3.77. The van der Waals surface area contributed by atoms with Crippen LogP contribution in [0.3, 0.4) is 0 Å². The summed E-state index contributed by atoms with van der Waals surface area (Å²) in [5, 5.41) is 5.57. The van der Waals surface area contributed by atoms with Crippen molar-refractivity contribution in [2.45, 2.75) is 19.6 Å². The Morgan fingerprint density at radius 1 is 1.18 bits per heavy atom. The van der Waals surface area contributed by atoms with E-state index in [4.69, 9.17) is 5.73 Å². The topological polar surface area (TPSA) is 133 Å². The number of rotatable bonds is 4. The lowest BCUT2D eigenvalue weighted by molar-refractivity contribution is -0.146. The van der Waals surface area contributed by atoms with E-state index in [1.165, 1.54) is 0 Å². The maximum atomic E-state index is 12.5. The van der Waals surface area contributed by atoms with Crippen LogP contribution in [0.2, 0.25) is 0 Å². The molecule has 4 rings (SSSR count). The van der Waals surface area contributed by atoms with Gasteiger partial charge in [0.25, 0.3) is 5.82 Å². The number of imidazole rings is 1. The number of nitrogens with zero attached hydrogens (tertiary/aromatic N) is 7. The smallest absolute Gasteiger partial charge is 0.368 e. The van der Waals surface area contributed by atoms with Crippen molar-refractivity contribution in [3.05, 3.63) is 42.1 Å². The summed E-state index contributed by atoms with van der Waals surface area (Å²) >= 11 is 0. The van der Waals surface area contributed by atoms with Crippen LogP contribution in [0.15, 0.2) is 29.0 Å². The van der Waals surface area contributed by atoms with E-state index in [0.717, 1.165) is 11.3 Å². The third-order valence-electron chi connectivity index (χ3n) is 3.74. The zero-order valence-corrected chi connectivity index (χ0v) is 14.3. The van der Waals surface area contributed by atoms with E-state index in [1.807, 2.05) is 17.4 Å². The van der Waals surface area contributed by atoms with Crippen molar-refractivity contribution in [1.82, 2.24) is 34.5 Å². The van der Waals surface area contributed by atoms with Crippen LogP contribution in [0.4, 0.5) is 25.1 Å². The summed E-state index contributed by atoms with van der Waals surface area (Å²) in [7, 11) is 0. The van der Waals surface area contributed by atoms with E-state index in [2.05, 4.69) is 39.9 Å². The number of aryl methyl sites for hydroxylation is 1. The minimum Gasteiger partial charge on any atom is -0.368 e. The van der Waals surface area contributed by atoms with Gasteiger partial charge in [-0.25, -0.2) is 4.98 Å². The first-order chi connectivity index (χ1) is 13.3. The maximum absolute atomic E-state index is 12.5. The van der Waals surface area contributed by atoms with Gasteiger partial charge in [-0.2, -0.15) is 33.1 Å². The SMILES string of the molecule is Cc1ncc2ccc(-c3nc(N)nc(NCc4nc(C(F)(F)F)no4)n3)cn12. The predicted octanol–water partition coefficient (Wildman–Crippen LogP) is 2.09. The van der Waals surface area contributed by atoms with Gasteiger partial charge in [-0.3, -0.25) is 0 Å². The number of hydrogen-bond donors (Lipinski definition) is 2. The molecule has 28 heavy (non-hydrogen) atoms. The van der Waals surface area contributed by atoms with Crippen molar-refractivity contribution in [3.63, 3.8) is 0 Å². The molecule has 0 saturated carbocycles. The van der Waals surface area contributed by atoms with E-state index >= 15 is 0 Å². The van der Waals surface area contributed by atoms with Crippen molar-refractivity contribution in [1.29, 1.82) is 0 Å². The Balaban J connectivity index is 1.58. The second kappa shape index (κ2) is 6.44. The monoisotopic (exact) mass is 391 g/mol. The number of fused-ring (bicyclic) bond motifs is 1. The number of nitrogens with two attached hydrogens (primary N) is 1. The van der Waals surface area contributed by atoms with Crippen LogP contribution in [-0.2, 0) is 12.7 Å². The molecule has 0 saturated heterocycles. The molecule has 10 nitrogen and oxygen atoms in total. The van der Waals surface area contributed by atoms with E-state index in [1.54, 1.807) is 18.5 Å². The van der Waals surface area contributed by atoms with Gasteiger partial charge >= 0.3 is 6.18 Å². The molecule has 4 aromatic rings. The fourth-order valence-electron chi connectivity index (χ4n) is 2.45. The molecule has 0 radical (unpaired) electrons. The summed E-state index contributed by atoms with van der Waals surface area (Å²) < 4.78 is 44.0. The summed E-state index contributed by atoms with van der Waals surface area (Å²) in [6.07, 6.45) is -1.16. The quantitative estimate of drug-likeness (QED) is 0.536. The van der Waals surface area contributed by atoms with Crippen LogP contribution in [0.25, 0.3) is 16.9 Å². The fraction of sp³-hybridized carbons (Fsp3) is 0.200. The van der Waals surface area contributed by atoms with Crippen LogP contribution < -0.4 is 11.1 Å². The number of alkyl halides is 3. The molecule has 144 valence electrons. The normalized spacial score (nSPS) is 11.9. The van der Waals surface area contributed by atoms with Gasteiger partial charge in [-0.1, -0.05) is 5.16 Å². The fourth-order valence-corrected chi connectivity index (χ4v) is 2.45. The summed E-state index contributed by atoms with van der Waals surface area (Å²) in [6.45, 7) is 1.64. The predicted molar refractivity (Wildman–Crippen MR) is 89.8 cm³/mol. The Bertz CT molecular complexity index is 1150. The van der Waals surface area contributed by atoms with Gasteiger partial charge < -0.3 is 20.0 Å². The maximum Gasteiger partial charge on any atom is 0.455 e. The van der Waals surface area contributed by atoms with Crippen LogP contribution in [0.5, 0.6) is 0 Å². The van der Waals surface area contributed by atoms with Crippen LogP contribution in [0, 0.1) is 6.92 Å². The van der Waals surface area contributed by atoms with Gasteiger partial charge in [0.15, 0.2) is 5.82 Å². The molecule has 0 unspecified atom stereocenters. The van der Waals surface area contributed by atoms with E-state index in [0.29, 0.717) is 5.56 Å². The van der Waals surface area contributed by atoms with Gasteiger partial charge in [0.2, 0.25) is 17.8 Å². The molecule has 0 spiro atoms.